The molecule has 19 heteroatoms. The molecule has 100 heavy (non-hydrogen) atoms. The molecular weight excluding hydrogens is 1310 g/mol. The second-order valence-electron chi connectivity index (χ2n) is 25.6. The van der Waals surface area contributed by atoms with Crippen LogP contribution in [-0.2, 0) is 65.4 Å². The Hall–Kier alpha value is -4.54. The molecule has 0 aromatic rings. The van der Waals surface area contributed by atoms with Crippen LogP contribution in [0.2, 0.25) is 0 Å². The third-order valence-corrected chi connectivity index (χ3v) is 17.8. The predicted molar refractivity (Wildman–Crippen MR) is 408 cm³/mol. The lowest BCUT2D eigenvalue weighted by atomic mass is 10.1. The van der Waals surface area contributed by atoms with Crippen LogP contribution in [0.1, 0.15) is 310 Å². The van der Waals surface area contributed by atoms with Crippen LogP contribution >= 0.6 is 15.6 Å². The molecule has 0 heterocycles. The first kappa shape index (κ1) is 95.5. The number of aliphatic hydroxyl groups excluding tert-OH is 1. The van der Waals surface area contributed by atoms with E-state index in [9.17, 15) is 43.2 Å². The molecule has 0 fully saturated rings. The van der Waals surface area contributed by atoms with E-state index in [1.807, 2.05) is 24.3 Å². The van der Waals surface area contributed by atoms with Gasteiger partial charge >= 0.3 is 39.5 Å². The molecule has 0 aliphatic rings. The fourth-order valence-corrected chi connectivity index (χ4v) is 11.5. The SMILES string of the molecule is CCCCC/C=C\C/C=C\C/C=C\C/C=C\CCCC(=O)OC[C@H](COP(=O)(O)OC[C@H](O)COP(=O)(O)OC[C@@H](COC(=O)CCCCCCC/C=C\CCCCCC)OC(=O)CCCCCCC/C=C\CCCCCC)OC(=O)CCC/C=C\C/C=C\C/C=C\C/C=C\CCCCC. The molecule has 0 aliphatic heterocycles. The van der Waals surface area contributed by atoms with Gasteiger partial charge in [-0.25, -0.2) is 9.13 Å². The van der Waals surface area contributed by atoms with Gasteiger partial charge in [-0.2, -0.15) is 0 Å². The number of phosphoric ester groups is 2. The minimum atomic E-state index is -5.00. The molecule has 0 aliphatic carbocycles. The third kappa shape index (κ3) is 71.8. The number of phosphoric acid groups is 2. The van der Waals surface area contributed by atoms with E-state index < -0.39 is 97.5 Å². The van der Waals surface area contributed by atoms with Gasteiger partial charge in [-0.3, -0.25) is 37.3 Å². The molecule has 3 N–H and O–H groups in total. The summed E-state index contributed by atoms with van der Waals surface area (Å²) in [5, 5.41) is 10.6. The van der Waals surface area contributed by atoms with E-state index in [-0.39, 0.29) is 25.7 Å². The lowest BCUT2D eigenvalue weighted by molar-refractivity contribution is -0.161. The summed E-state index contributed by atoms with van der Waals surface area (Å²) in [5.74, 6) is -2.32. The van der Waals surface area contributed by atoms with Gasteiger partial charge in [0.15, 0.2) is 12.2 Å². The number of carbonyl (C=O) groups is 4. The minimum absolute atomic E-state index is 0.00500. The van der Waals surface area contributed by atoms with Gasteiger partial charge in [-0.05, 0) is 154 Å². The van der Waals surface area contributed by atoms with Crippen LogP contribution in [0.25, 0.3) is 0 Å². The monoisotopic (exact) mass is 1440 g/mol. The van der Waals surface area contributed by atoms with Crippen LogP contribution < -0.4 is 0 Å². The first-order chi connectivity index (χ1) is 48.7. The second kappa shape index (κ2) is 72.8. The Morgan fingerprint density at radius 3 is 0.830 bits per heavy atom. The molecule has 0 saturated carbocycles. The van der Waals surface area contributed by atoms with Gasteiger partial charge in [0, 0.05) is 25.7 Å². The van der Waals surface area contributed by atoms with Gasteiger partial charge in [0.05, 0.1) is 26.4 Å². The Bertz CT molecular complexity index is 2370. The average Bonchev–Trinajstić information content (AvgIpc) is 1.15. The van der Waals surface area contributed by atoms with Crippen LogP contribution in [0, 0.1) is 0 Å². The van der Waals surface area contributed by atoms with Crippen molar-refractivity contribution in [2.75, 3.05) is 39.6 Å². The van der Waals surface area contributed by atoms with E-state index in [0.29, 0.717) is 38.5 Å². The van der Waals surface area contributed by atoms with E-state index in [2.05, 4.69) is 125 Å². The molecule has 0 bridgehead atoms. The van der Waals surface area contributed by atoms with Crippen molar-refractivity contribution in [2.24, 2.45) is 0 Å². The van der Waals surface area contributed by atoms with Crippen molar-refractivity contribution in [3.8, 4) is 0 Å². The topological polar surface area (TPSA) is 237 Å². The third-order valence-electron chi connectivity index (χ3n) is 15.9. The summed E-state index contributed by atoms with van der Waals surface area (Å²) in [7, 11) is -9.99. The summed E-state index contributed by atoms with van der Waals surface area (Å²) in [4.78, 5) is 72.8. The molecule has 574 valence electrons. The molecule has 5 atom stereocenters. The van der Waals surface area contributed by atoms with Crippen molar-refractivity contribution in [2.45, 2.75) is 329 Å². The van der Waals surface area contributed by atoms with Gasteiger partial charge < -0.3 is 33.8 Å². The van der Waals surface area contributed by atoms with Gasteiger partial charge in [-0.15, -0.1) is 0 Å². The molecule has 0 aromatic heterocycles. The largest absolute Gasteiger partial charge is 0.472 e. The number of aliphatic hydroxyl groups is 1. The maximum atomic E-state index is 13.1. The Balaban J connectivity index is 5.47. The highest BCUT2D eigenvalue weighted by molar-refractivity contribution is 7.47. The van der Waals surface area contributed by atoms with Crippen molar-refractivity contribution in [1.82, 2.24) is 0 Å². The van der Waals surface area contributed by atoms with Gasteiger partial charge in [0.1, 0.15) is 19.3 Å². The van der Waals surface area contributed by atoms with E-state index >= 15 is 0 Å². The maximum Gasteiger partial charge on any atom is 0.472 e. The maximum absolute atomic E-state index is 13.1. The van der Waals surface area contributed by atoms with Crippen LogP contribution in [0.3, 0.4) is 0 Å². The highest BCUT2D eigenvalue weighted by atomic mass is 31.2. The first-order valence-electron chi connectivity index (χ1n) is 38.8. The van der Waals surface area contributed by atoms with Crippen molar-refractivity contribution in [3.63, 3.8) is 0 Å². The standard InChI is InChI=1S/C81H138O17P2/c1-5-9-13-17-21-25-29-33-35-37-39-43-46-50-54-58-62-66-79(84)92-72-77(98-81(86)68-64-60-56-52-48-44-40-38-36-34-30-26-22-18-14-10-6-2)74-96-100(89,90)94-70-75(82)69-93-99(87,88)95-73-76(97-80(85)67-63-59-55-51-47-42-32-28-24-20-16-12-8-4)71-91-78(83)65-61-57-53-49-45-41-31-27-23-19-15-11-7-3/h21-22,25-28,31-36,39-40,43-44,50,52,54,56,75-77,82H,5-20,23-24,29-30,37-38,41-42,45-49,51,53,55,57-74H2,1-4H3,(H,87,88)(H,89,90)/b25-21-,26-22-,31-27-,32-28-,35-33-,36-34-,43-39-,44-40-,54-50-,56-52-/t75-,76-,77-/m1/s1. The molecule has 0 saturated heterocycles. The molecular formula is C81H138O17P2. The summed E-state index contributed by atoms with van der Waals surface area (Å²) in [6, 6.07) is 0. The van der Waals surface area contributed by atoms with Crippen LogP contribution in [-0.4, -0.2) is 96.7 Å². The zero-order chi connectivity index (χ0) is 73.2. The Morgan fingerprint density at radius 2 is 0.500 bits per heavy atom. The predicted octanol–water partition coefficient (Wildman–Crippen LogP) is 22.3. The number of allylic oxidation sites excluding steroid dienone is 20. The van der Waals surface area contributed by atoms with Gasteiger partial charge in [0.25, 0.3) is 0 Å². The lowest BCUT2D eigenvalue weighted by Crippen LogP contribution is -2.30. The summed E-state index contributed by atoms with van der Waals surface area (Å²) in [6.45, 7) is 4.64. The quantitative estimate of drug-likeness (QED) is 0.0169. The fraction of sp³-hybridized carbons (Fsp3) is 0.704. The highest BCUT2D eigenvalue weighted by Crippen LogP contribution is 2.45. The Kier molecular flexibility index (Phi) is 69.5. The summed E-state index contributed by atoms with van der Waals surface area (Å²) in [6.07, 6.45) is 79.2. The molecule has 2 unspecified atom stereocenters. The van der Waals surface area contributed by atoms with E-state index in [1.54, 1.807) is 0 Å². The zero-order valence-corrected chi connectivity index (χ0v) is 64.4. The highest BCUT2D eigenvalue weighted by Gasteiger charge is 2.30. The van der Waals surface area contributed by atoms with Crippen molar-refractivity contribution >= 4 is 39.5 Å². The van der Waals surface area contributed by atoms with Crippen LogP contribution in [0.4, 0.5) is 0 Å². The van der Waals surface area contributed by atoms with E-state index in [0.717, 1.165) is 128 Å². The summed E-state index contributed by atoms with van der Waals surface area (Å²) in [5.41, 5.74) is 0. The fourth-order valence-electron chi connectivity index (χ4n) is 9.90. The first-order valence-corrected chi connectivity index (χ1v) is 41.8. The number of hydrogen-bond acceptors (Lipinski definition) is 15. The minimum Gasteiger partial charge on any atom is -0.462 e. The van der Waals surface area contributed by atoms with Crippen LogP contribution in [0.15, 0.2) is 122 Å². The normalized spacial score (nSPS) is 14.6. The number of carbonyl (C=O) groups excluding carboxylic acids is 4. The molecule has 0 rings (SSSR count). The lowest BCUT2D eigenvalue weighted by Gasteiger charge is -2.21. The van der Waals surface area contributed by atoms with Gasteiger partial charge in [0.2, 0.25) is 0 Å². The number of hydrogen-bond donors (Lipinski definition) is 3. The summed E-state index contributed by atoms with van der Waals surface area (Å²) < 4.78 is 68.4. The van der Waals surface area contributed by atoms with Crippen molar-refractivity contribution < 1.29 is 80.2 Å². The van der Waals surface area contributed by atoms with Crippen molar-refractivity contribution in [1.29, 1.82) is 0 Å². The average molecular weight is 1450 g/mol. The number of ether oxygens (including phenoxy) is 4. The summed E-state index contributed by atoms with van der Waals surface area (Å²) >= 11 is 0. The molecule has 0 spiro atoms. The smallest absolute Gasteiger partial charge is 0.462 e. The molecule has 0 amide bonds. The Labute approximate surface area is 606 Å². The zero-order valence-electron chi connectivity index (χ0n) is 62.6. The van der Waals surface area contributed by atoms with Gasteiger partial charge in [-0.1, -0.05) is 252 Å². The molecule has 0 radical (unpaired) electrons. The van der Waals surface area contributed by atoms with Crippen molar-refractivity contribution in [3.05, 3.63) is 122 Å². The Morgan fingerprint density at radius 1 is 0.280 bits per heavy atom. The molecule has 0 aromatic carbocycles. The van der Waals surface area contributed by atoms with Crippen LogP contribution in [0.5, 0.6) is 0 Å². The molecule has 17 nitrogen and oxygen atoms in total. The van der Waals surface area contributed by atoms with E-state index in [4.69, 9.17) is 37.0 Å². The van der Waals surface area contributed by atoms with E-state index in [1.165, 1.54) is 89.9 Å². The number of unbranched alkanes of at least 4 members (excludes halogenated alkanes) is 26. The number of esters is 4. The second-order valence-corrected chi connectivity index (χ2v) is 28.5. The number of rotatable bonds is 72.